The molecule has 1 saturated heterocycles. The lowest BCUT2D eigenvalue weighted by Crippen LogP contribution is -2.55. The molecule has 5 heterocycles. The summed E-state index contributed by atoms with van der Waals surface area (Å²) in [5, 5.41) is 10.5. The summed E-state index contributed by atoms with van der Waals surface area (Å²) in [7, 11) is -1.06. The Morgan fingerprint density at radius 1 is 1.18 bits per heavy atom. The zero-order chi connectivity index (χ0) is 22.6. The molecule has 3 aliphatic heterocycles. The zero-order valence-electron chi connectivity index (χ0n) is 18.4. The quantitative estimate of drug-likeness (QED) is 0.704. The minimum atomic E-state index is -1.06. The SMILES string of the molecule is O=[S@@]1CCc2nc(N3CC=C(c4ncc(Cl)cn4)CC3)nc(N3CC[C@H](CO)C34CCC4)c21. The van der Waals surface area contributed by atoms with Crippen LogP contribution in [0.5, 0.6) is 0 Å². The van der Waals surface area contributed by atoms with Crippen molar-refractivity contribution >= 4 is 39.7 Å². The first-order chi connectivity index (χ1) is 16.1. The van der Waals surface area contributed by atoms with Crippen molar-refractivity contribution in [1.29, 1.82) is 0 Å². The summed E-state index contributed by atoms with van der Waals surface area (Å²) in [4.78, 5) is 24.0. The molecule has 1 spiro atoms. The van der Waals surface area contributed by atoms with E-state index in [-0.39, 0.29) is 18.1 Å². The van der Waals surface area contributed by atoms with Crippen LogP contribution in [0.4, 0.5) is 11.8 Å². The summed E-state index contributed by atoms with van der Waals surface area (Å²) in [6.45, 7) is 2.49. The summed E-state index contributed by atoms with van der Waals surface area (Å²) in [6, 6.07) is 0. The van der Waals surface area contributed by atoms with Gasteiger partial charge in [-0.1, -0.05) is 17.7 Å². The highest BCUT2D eigenvalue weighted by atomic mass is 35.5. The zero-order valence-corrected chi connectivity index (χ0v) is 20.0. The largest absolute Gasteiger partial charge is 0.396 e. The van der Waals surface area contributed by atoms with E-state index in [4.69, 9.17) is 21.6 Å². The number of anilines is 2. The van der Waals surface area contributed by atoms with E-state index in [9.17, 15) is 9.32 Å². The predicted molar refractivity (Wildman–Crippen MR) is 128 cm³/mol. The van der Waals surface area contributed by atoms with Crippen LogP contribution < -0.4 is 9.80 Å². The average Bonchev–Trinajstić information content (AvgIpc) is 3.40. The molecule has 2 aromatic heterocycles. The normalized spacial score (nSPS) is 25.8. The summed E-state index contributed by atoms with van der Waals surface area (Å²) in [5.41, 5.74) is 1.98. The second kappa shape index (κ2) is 8.29. The fourth-order valence-electron chi connectivity index (χ4n) is 5.81. The highest BCUT2D eigenvalue weighted by molar-refractivity contribution is 7.85. The fraction of sp³-hybridized carbons (Fsp3) is 0.565. The lowest BCUT2D eigenvalue weighted by Gasteiger charge is -2.50. The van der Waals surface area contributed by atoms with Gasteiger partial charge in [0, 0.05) is 62.3 Å². The highest BCUT2D eigenvalue weighted by Crippen LogP contribution is 2.52. The molecule has 1 saturated carbocycles. The van der Waals surface area contributed by atoms with Gasteiger partial charge in [-0.25, -0.2) is 15.0 Å². The molecule has 10 heteroatoms. The van der Waals surface area contributed by atoms with Crippen LogP contribution in [-0.2, 0) is 17.2 Å². The van der Waals surface area contributed by atoms with Crippen LogP contribution in [0.3, 0.4) is 0 Å². The molecular weight excluding hydrogens is 460 g/mol. The number of hydrogen-bond donors (Lipinski definition) is 1. The molecule has 1 N–H and O–H groups in total. The molecule has 6 rings (SSSR count). The molecule has 8 nitrogen and oxygen atoms in total. The smallest absolute Gasteiger partial charge is 0.227 e. The first-order valence-corrected chi connectivity index (χ1v) is 13.4. The third-order valence-electron chi connectivity index (χ3n) is 7.75. The standard InChI is InChI=1S/C23H27ClN6O2S/c24-17-12-25-20(26-13-17)15-2-8-29(9-3-15)22-27-18-5-11-33(32)19(18)21(28-22)30-10-4-16(14-31)23(30)6-1-7-23/h2,12-13,16,31H,1,3-11,14H2/t16-,33-/m1/s1. The summed E-state index contributed by atoms with van der Waals surface area (Å²) in [6.07, 6.45) is 11.2. The van der Waals surface area contributed by atoms with E-state index in [2.05, 4.69) is 25.8 Å². The topological polar surface area (TPSA) is 95.3 Å². The van der Waals surface area contributed by atoms with E-state index in [0.29, 0.717) is 29.1 Å². The third kappa shape index (κ3) is 3.47. The molecule has 2 aromatic rings. The molecule has 0 bridgehead atoms. The van der Waals surface area contributed by atoms with Gasteiger partial charge in [-0.15, -0.1) is 0 Å². The molecule has 33 heavy (non-hydrogen) atoms. The minimum absolute atomic E-state index is 0.0399. The Hall–Kier alpha value is -2.10. The number of fused-ring (bicyclic) bond motifs is 1. The Balaban J connectivity index is 1.33. The van der Waals surface area contributed by atoms with Gasteiger partial charge >= 0.3 is 0 Å². The summed E-state index contributed by atoms with van der Waals surface area (Å²) >= 11 is 5.92. The first kappa shape index (κ1) is 21.4. The fourth-order valence-corrected chi connectivity index (χ4v) is 7.26. The second-order valence-electron chi connectivity index (χ2n) is 9.35. The van der Waals surface area contributed by atoms with Gasteiger partial charge < -0.3 is 14.9 Å². The van der Waals surface area contributed by atoms with Crippen molar-refractivity contribution in [3.05, 3.63) is 35.0 Å². The van der Waals surface area contributed by atoms with Crippen LogP contribution in [0.1, 0.15) is 43.6 Å². The van der Waals surface area contributed by atoms with Gasteiger partial charge in [0.2, 0.25) is 5.95 Å². The van der Waals surface area contributed by atoms with E-state index in [1.54, 1.807) is 12.4 Å². The van der Waals surface area contributed by atoms with Crippen LogP contribution in [0, 0.1) is 5.92 Å². The van der Waals surface area contributed by atoms with Crippen molar-refractivity contribution in [3.63, 3.8) is 0 Å². The number of aliphatic hydroxyl groups excluding tert-OH is 1. The van der Waals surface area contributed by atoms with Crippen molar-refractivity contribution in [1.82, 2.24) is 19.9 Å². The Labute approximate surface area is 200 Å². The second-order valence-corrected chi connectivity index (χ2v) is 11.3. The number of halogens is 1. The van der Waals surface area contributed by atoms with E-state index in [0.717, 1.165) is 67.2 Å². The monoisotopic (exact) mass is 486 g/mol. The number of hydrogen-bond acceptors (Lipinski definition) is 8. The molecular formula is C23H27ClN6O2S. The average molecular weight is 487 g/mol. The Morgan fingerprint density at radius 3 is 2.67 bits per heavy atom. The Kier molecular flexibility index (Phi) is 5.38. The van der Waals surface area contributed by atoms with Gasteiger partial charge in [-0.05, 0) is 37.7 Å². The third-order valence-corrected chi connectivity index (χ3v) is 9.40. The van der Waals surface area contributed by atoms with Crippen LogP contribution >= 0.6 is 11.6 Å². The number of aryl methyl sites for hydroxylation is 1. The van der Waals surface area contributed by atoms with Gasteiger partial charge in [0.15, 0.2) is 11.6 Å². The van der Waals surface area contributed by atoms with Crippen molar-refractivity contribution in [3.8, 4) is 0 Å². The van der Waals surface area contributed by atoms with E-state index < -0.39 is 10.8 Å². The summed E-state index contributed by atoms with van der Waals surface area (Å²) < 4.78 is 12.9. The van der Waals surface area contributed by atoms with Gasteiger partial charge in [0.25, 0.3) is 0 Å². The predicted octanol–water partition coefficient (Wildman–Crippen LogP) is 2.62. The number of nitrogens with zero attached hydrogens (tertiary/aromatic N) is 6. The van der Waals surface area contributed by atoms with Gasteiger partial charge in [-0.3, -0.25) is 4.21 Å². The molecule has 0 aromatic carbocycles. The van der Waals surface area contributed by atoms with Crippen LogP contribution in [0.2, 0.25) is 5.02 Å². The molecule has 4 aliphatic rings. The Morgan fingerprint density at radius 2 is 2.00 bits per heavy atom. The van der Waals surface area contributed by atoms with Crippen LogP contribution in [0.25, 0.3) is 5.57 Å². The minimum Gasteiger partial charge on any atom is -0.396 e. The van der Waals surface area contributed by atoms with Gasteiger partial charge in [0.05, 0.1) is 21.5 Å². The molecule has 2 atom stereocenters. The number of aliphatic hydroxyl groups is 1. The van der Waals surface area contributed by atoms with Crippen LogP contribution in [0.15, 0.2) is 23.4 Å². The number of aromatic nitrogens is 4. The first-order valence-electron chi connectivity index (χ1n) is 11.7. The number of rotatable bonds is 4. The van der Waals surface area contributed by atoms with Crippen molar-refractivity contribution in [2.45, 2.75) is 49.0 Å². The molecule has 0 amide bonds. The maximum Gasteiger partial charge on any atom is 0.227 e. The van der Waals surface area contributed by atoms with Crippen molar-refractivity contribution in [2.24, 2.45) is 5.92 Å². The molecule has 174 valence electrons. The highest BCUT2D eigenvalue weighted by Gasteiger charge is 2.53. The lowest BCUT2D eigenvalue weighted by molar-refractivity contribution is 0.114. The molecule has 1 aliphatic carbocycles. The van der Waals surface area contributed by atoms with E-state index in [1.807, 2.05) is 0 Å². The summed E-state index contributed by atoms with van der Waals surface area (Å²) in [5.74, 6) is 3.14. The molecule has 0 radical (unpaired) electrons. The molecule has 2 fully saturated rings. The van der Waals surface area contributed by atoms with E-state index in [1.165, 1.54) is 6.42 Å². The van der Waals surface area contributed by atoms with Crippen LogP contribution in [-0.4, -0.2) is 66.8 Å². The lowest BCUT2D eigenvalue weighted by atomic mass is 9.69. The maximum absolute atomic E-state index is 12.9. The maximum atomic E-state index is 12.9. The van der Waals surface area contributed by atoms with Crippen molar-refractivity contribution < 1.29 is 9.32 Å². The Bertz CT molecular complexity index is 1140. The molecule has 0 unspecified atom stereocenters. The van der Waals surface area contributed by atoms with Crippen molar-refractivity contribution in [2.75, 3.05) is 41.8 Å². The van der Waals surface area contributed by atoms with Gasteiger partial charge in [0.1, 0.15) is 4.90 Å². The van der Waals surface area contributed by atoms with Gasteiger partial charge in [-0.2, -0.15) is 4.98 Å². The van der Waals surface area contributed by atoms with E-state index >= 15 is 0 Å².